The van der Waals surface area contributed by atoms with Gasteiger partial charge in [0, 0.05) is 36.6 Å². The van der Waals surface area contributed by atoms with Gasteiger partial charge in [0.15, 0.2) is 0 Å². The summed E-state index contributed by atoms with van der Waals surface area (Å²) in [5.74, 6) is 0. The summed E-state index contributed by atoms with van der Waals surface area (Å²) in [6.45, 7) is 0.694. The number of rotatable bonds is 5. The highest BCUT2D eigenvalue weighted by atomic mass is 35.5. The number of thiazole rings is 1. The number of anilines is 1. The Bertz CT molecular complexity index is 878. The SMILES string of the molecule is CN(CCc1nccs1)c1cnn(-c2ccc(Cl)cc2)c(=O)c1Cl. The highest BCUT2D eigenvalue weighted by Crippen LogP contribution is 2.21. The van der Waals surface area contributed by atoms with E-state index in [0.29, 0.717) is 22.9 Å². The van der Waals surface area contributed by atoms with E-state index < -0.39 is 0 Å². The van der Waals surface area contributed by atoms with Crippen LogP contribution in [0.25, 0.3) is 5.69 Å². The van der Waals surface area contributed by atoms with Crippen LogP contribution in [-0.4, -0.2) is 28.4 Å². The molecule has 0 N–H and O–H groups in total. The van der Waals surface area contributed by atoms with Crippen molar-refractivity contribution in [1.82, 2.24) is 14.8 Å². The second kappa shape index (κ2) is 7.34. The maximum Gasteiger partial charge on any atom is 0.292 e. The van der Waals surface area contributed by atoms with Crippen molar-refractivity contribution in [2.24, 2.45) is 0 Å². The fourth-order valence-electron chi connectivity index (χ4n) is 2.22. The molecule has 3 aromatic rings. The Morgan fingerprint density at radius 2 is 2.00 bits per heavy atom. The standard InChI is InChI=1S/C16H14Cl2N4OS/c1-21(8-6-14-19-7-9-24-14)13-10-20-22(16(23)15(13)18)12-4-2-11(17)3-5-12/h2-5,7,9-10H,6,8H2,1H3. The molecule has 0 spiro atoms. The summed E-state index contributed by atoms with van der Waals surface area (Å²) in [5, 5.41) is 7.94. The molecule has 0 bridgehead atoms. The van der Waals surface area contributed by atoms with Crippen LogP contribution < -0.4 is 10.5 Å². The van der Waals surface area contributed by atoms with Crippen LogP contribution in [0.5, 0.6) is 0 Å². The van der Waals surface area contributed by atoms with E-state index in [-0.39, 0.29) is 10.6 Å². The third-order valence-electron chi connectivity index (χ3n) is 3.53. The molecular formula is C16H14Cl2N4OS. The largest absolute Gasteiger partial charge is 0.372 e. The molecule has 8 heteroatoms. The molecule has 1 aromatic carbocycles. The first kappa shape index (κ1) is 17.0. The molecule has 0 saturated carbocycles. The molecule has 0 amide bonds. The van der Waals surface area contributed by atoms with E-state index in [2.05, 4.69) is 10.1 Å². The minimum Gasteiger partial charge on any atom is -0.372 e. The molecule has 124 valence electrons. The minimum absolute atomic E-state index is 0.140. The topological polar surface area (TPSA) is 51.0 Å². The lowest BCUT2D eigenvalue weighted by atomic mass is 10.3. The van der Waals surface area contributed by atoms with Crippen LogP contribution in [0.3, 0.4) is 0 Å². The zero-order chi connectivity index (χ0) is 17.1. The van der Waals surface area contributed by atoms with Crippen molar-refractivity contribution >= 4 is 40.2 Å². The maximum atomic E-state index is 12.5. The normalized spacial score (nSPS) is 10.8. The second-order valence-corrected chi connectivity index (χ2v) is 6.93. The monoisotopic (exact) mass is 380 g/mol. The van der Waals surface area contributed by atoms with Crippen LogP contribution in [0.15, 0.2) is 46.8 Å². The fraction of sp³-hybridized carbons (Fsp3) is 0.188. The van der Waals surface area contributed by atoms with Crippen molar-refractivity contribution in [3.8, 4) is 5.69 Å². The van der Waals surface area contributed by atoms with Crippen LogP contribution in [0.4, 0.5) is 5.69 Å². The third-order valence-corrected chi connectivity index (χ3v) is 4.97. The van der Waals surface area contributed by atoms with Crippen LogP contribution in [0.2, 0.25) is 10.0 Å². The van der Waals surface area contributed by atoms with Gasteiger partial charge in [-0.3, -0.25) is 4.79 Å². The van der Waals surface area contributed by atoms with Gasteiger partial charge in [-0.05, 0) is 24.3 Å². The van der Waals surface area contributed by atoms with Gasteiger partial charge in [-0.25, -0.2) is 4.98 Å². The molecule has 0 aliphatic heterocycles. The number of hydrogen-bond acceptors (Lipinski definition) is 5. The molecule has 0 aliphatic rings. The zero-order valence-corrected chi connectivity index (χ0v) is 15.1. The average Bonchev–Trinajstić information content (AvgIpc) is 3.10. The fourth-order valence-corrected chi connectivity index (χ4v) is 3.23. The Balaban J connectivity index is 1.84. The number of nitrogens with zero attached hydrogens (tertiary/aromatic N) is 4. The third kappa shape index (κ3) is 3.61. The molecule has 2 heterocycles. The predicted octanol–water partition coefficient (Wildman–Crippen LogP) is 3.67. The van der Waals surface area contributed by atoms with E-state index in [9.17, 15) is 4.79 Å². The summed E-state index contributed by atoms with van der Waals surface area (Å²) in [5.41, 5.74) is 0.851. The number of halogens is 2. The molecular weight excluding hydrogens is 367 g/mol. The number of benzene rings is 1. The highest BCUT2D eigenvalue weighted by Gasteiger charge is 2.14. The predicted molar refractivity (Wildman–Crippen MR) is 98.9 cm³/mol. The summed E-state index contributed by atoms with van der Waals surface area (Å²) >= 11 is 13.8. The Morgan fingerprint density at radius 3 is 2.67 bits per heavy atom. The van der Waals surface area contributed by atoms with Crippen molar-refractivity contribution in [2.75, 3.05) is 18.5 Å². The maximum absolute atomic E-state index is 12.5. The Labute approximate surface area is 153 Å². The van der Waals surface area contributed by atoms with Gasteiger partial charge in [0.2, 0.25) is 0 Å². The van der Waals surface area contributed by atoms with Gasteiger partial charge in [-0.2, -0.15) is 9.78 Å². The lowest BCUT2D eigenvalue weighted by molar-refractivity contribution is 0.791. The molecule has 0 aliphatic carbocycles. The van der Waals surface area contributed by atoms with E-state index in [4.69, 9.17) is 23.2 Å². The van der Waals surface area contributed by atoms with E-state index in [1.807, 2.05) is 17.3 Å². The first-order valence-corrected chi connectivity index (χ1v) is 8.83. The van der Waals surface area contributed by atoms with Gasteiger partial charge in [-0.1, -0.05) is 23.2 Å². The van der Waals surface area contributed by atoms with Gasteiger partial charge in [-0.15, -0.1) is 11.3 Å². The minimum atomic E-state index is -0.363. The van der Waals surface area contributed by atoms with Crippen molar-refractivity contribution in [2.45, 2.75) is 6.42 Å². The molecule has 24 heavy (non-hydrogen) atoms. The number of likely N-dealkylation sites (N-methyl/N-ethyl adjacent to an activating group) is 1. The number of hydrogen-bond donors (Lipinski definition) is 0. The summed E-state index contributed by atoms with van der Waals surface area (Å²) in [6, 6.07) is 6.85. The van der Waals surface area contributed by atoms with Crippen molar-refractivity contribution in [3.05, 3.63) is 67.4 Å². The lowest BCUT2D eigenvalue weighted by Gasteiger charge is -2.19. The summed E-state index contributed by atoms with van der Waals surface area (Å²) in [4.78, 5) is 18.7. The first-order valence-electron chi connectivity index (χ1n) is 7.19. The van der Waals surface area contributed by atoms with E-state index in [0.717, 1.165) is 11.4 Å². The van der Waals surface area contributed by atoms with Crippen molar-refractivity contribution in [1.29, 1.82) is 0 Å². The van der Waals surface area contributed by atoms with E-state index in [1.165, 1.54) is 4.68 Å². The quantitative estimate of drug-likeness (QED) is 0.677. The molecule has 0 saturated heterocycles. The van der Waals surface area contributed by atoms with Crippen molar-refractivity contribution in [3.63, 3.8) is 0 Å². The van der Waals surface area contributed by atoms with Crippen LogP contribution in [-0.2, 0) is 6.42 Å². The molecule has 3 rings (SSSR count). The Hall–Kier alpha value is -1.89. The average molecular weight is 381 g/mol. The van der Waals surface area contributed by atoms with E-state index in [1.54, 1.807) is 48.0 Å². The first-order chi connectivity index (χ1) is 11.6. The second-order valence-electron chi connectivity index (χ2n) is 5.13. The number of aromatic nitrogens is 3. The van der Waals surface area contributed by atoms with Gasteiger partial charge < -0.3 is 4.90 Å². The van der Waals surface area contributed by atoms with Crippen LogP contribution in [0, 0.1) is 0 Å². The van der Waals surface area contributed by atoms with Gasteiger partial charge in [0.25, 0.3) is 5.56 Å². The Morgan fingerprint density at radius 1 is 1.25 bits per heavy atom. The lowest BCUT2D eigenvalue weighted by Crippen LogP contribution is -2.27. The summed E-state index contributed by atoms with van der Waals surface area (Å²) in [6.07, 6.45) is 4.16. The summed E-state index contributed by atoms with van der Waals surface area (Å²) in [7, 11) is 1.88. The van der Waals surface area contributed by atoms with Crippen LogP contribution in [0.1, 0.15) is 5.01 Å². The molecule has 2 aromatic heterocycles. The van der Waals surface area contributed by atoms with Crippen LogP contribution >= 0.6 is 34.5 Å². The molecule has 0 atom stereocenters. The van der Waals surface area contributed by atoms with Crippen molar-refractivity contribution < 1.29 is 0 Å². The van der Waals surface area contributed by atoms with Gasteiger partial charge >= 0.3 is 0 Å². The van der Waals surface area contributed by atoms with E-state index >= 15 is 0 Å². The molecule has 0 unspecified atom stereocenters. The zero-order valence-electron chi connectivity index (χ0n) is 12.8. The molecule has 0 fully saturated rings. The van der Waals surface area contributed by atoms with Gasteiger partial charge in [0.05, 0.1) is 22.6 Å². The van der Waals surface area contributed by atoms with Gasteiger partial charge in [0.1, 0.15) is 5.02 Å². The molecule has 0 radical (unpaired) electrons. The Kier molecular flexibility index (Phi) is 5.18. The highest BCUT2D eigenvalue weighted by molar-refractivity contribution is 7.09. The summed E-state index contributed by atoms with van der Waals surface area (Å²) < 4.78 is 1.26. The molecule has 5 nitrogen and oxygen atoms in total. The smallest absolute Gasteiger partial charge is 0.292 e.